The molecule has 4 rings (SSSR count). The van der Waals surface area contributed by atoms with Crippen LogP contribution >= 0.6 is 11.6 Å². The lowest BCUT2D eigenvalue weighted by molar-refractivity contribution is -0.127. The first-order valence-corrected chi connectivity index (χ1v) is 14.4. The lowest BCUT2D eigenvalue weighted by Gasteiger charge is -2.27. The van der Waals surface area contributed by atoms with Crippen molar-refractivity contribution in [2.45, 2.75) is 63.5 Å². The number of aliphatic imine (C=N–C) groups is 1. The Morgan fingerprint density at radius 2 is 1.83 bits per heavy atom. The summed E-state index contributed by atoms with van der Waals surface area (Å²) < 4.78 is 10.5. The molecule has 0 bridgehead atoms. The number of guanidine groups is 1. The van der Waals surface area contributed by atoms with Crippen molar-refractivity contribution in [2.24, 2.45) is 16.6 Å². The molecule has 1 saturated heterocycles. The second kappa shape index (κ2) is 14.2. The van der Waals surface area contributed by atoms with E-state index in [-0.39, 0.29) is 24.2 Å². The van der Waals surface area contributed by atoms with Crippen molar-refractivity contribution in [3.63, 3.8) is 0 Å². The molecule has 0 radical (unpaired) electrons. The predicted molar refractivity (Wildman–Crippen MR) is 158 cm³/mol. The van der Waals surface area contributed by atoms with Gasteiger partial charge in [0.2, 0.25) is 11.8 Å². The summed E-state index contributed by atoms with van der Waals surface area (Å²) in [6.45, 7) is 0.471. The summed E-state index contributed by atoms with van der Waals surface area (Å²) in [6, 6.07) is 10.9. The fourth-order valence-electron chi connectivity index (χ4n) is 5.52. The highest BCUT2D eigenvalue weighted by Crippen LogP contribution is 2.29. The van der Waals surface area contributed by atoms with E-state index in [1.54, 1.807) is 41.3 Å². The molecule has 2 aromatic carbocycles. The smallest absolute Gasteiger partial charge is 0.253 e. The fourth-order valence-corrected chi connectivity index (χ4v) is 5.71. The highest BCUT2D eigenvalue weighted by Gasteiger charge is 2.36. The van der Waals surface area contributed by atoms with Crippen LogP contribution in [0.15, 0.2) is 47.5 Å². The standard InChI is InChI=1S/C30H38ClN5O5/c1-40-25-12-11-20(16-26(25)41-2)17-27(37)35-30(32)34-24(15-19-7-4-3-5-8-19)28(38)33-23-13-14-36(29(23)39)22-10-6-9-21(31)18-22/h6,9-12,16,18-19,23-24H,3-5,7-8,13-15,17H2,1-2H3,(H,33,38)(H3,32,34,35,37)/t23-,24?/m1/s1. The second-order valence-electron chi connectivity index (χ2n) is 10.5. The van der Waals surface area contributed by atoms with Crippen molar-refractivity contribution in [2.75, 3.05) is 25.7 Å². The first-order chi connectivity index (χ1) is 19.8. The van der Waals surface area contributed by atoms with Gasteiger partial charge < -0.3 is 30.7 Å². The molecule has 2 aromatic rings. The second-order valence-corrected chi connectivity index (χ2v) is 10.9. The molecule has 11 heteroatoms. The number of nitrogens with zero attached hydrogens (tertiary/aromatic N) is 2. The van der Waals surface area contributed by atoms with Crippen LogP contribution < -0.4 is 30.7 Å². The van der Waals surface area contributed by atoms with Crippen molar-refractivity contribution in [1.29, 1.82) is 0 Å². The molecule has 2 fully saturated rings. The number of benzene rings is 2. The number of hydrogen-bond donors (Lipinski definition) is 3. The van der Waals surface area contributed by atoms with E-state index in [2.05, 4.69) is 15.6 Å². The van der Waals surface area contributed by atoms with Gasteiger partial charge in [-0.1, -0.05) is 55.8 Å². The Hall–Kier alpha value is -3.79. The SMILES string of the molecule is COc1ccc(CC(=O)N=C(N)NC(CC2CCCCC2)C(=O)N[C@@H]2CCN(c3cccc(Cl)c3)C2=O)cc1OC. The molecule has 4 N–H and O–H groups in total. The predicted octanol–water partition coefficient (Wildman–Crippen LogP) is 3.59. The van der Waals surface area contributed by atoms with Gasteiger partial charge in [-0.15, -0.1) is 0 Å². The molecule has 2 atom stereocenters. The maximum absolute atomic E-state index is 13.5. The van der Waals surface area contributed by atoms with Gasteiger partial charge in [-0.25, -0.2) is 0 Å². The number of carbonyl (C=O) groups excluding carboxylic acids is 3. The van der Waals surface area contributed by atoms with E-state index in [9.17, 15) is 14.4 Å². The van der Waals surface area contributed by atoms with Crippen molar-refractivity contribution < 1.29 is 23.9 Å². The minimum Gasteiger partial charge on any atom is -0.493 e. The highest BCUT2D eigenvalue weighted by molar-refractivity contribution is 6.31. The van der Waals surface area contributed by atoms with Gasteiger partial charge in [0.05, 0.1) is 20.6 Å². The summed E-state index contributed by atoms with van der Waals surface area (Å²) in [5.74, 6) is 0.265. The molecule has 1 aliphatic heterocycles. The van der Waals surface area contributed by atoms with Crippen LogP contribution in [0, 0.1) is 5.92 Å². The quantitative estimate of drug-likeness (QED) is 0.287. The van der Waals surface area contributed by atoms with Crippen LogP contribution in [-0.2, 0) is 20.8 Å². The lowest BCUT2D eigenvalue weighted by atomic mass is 9.84. The normalized spacial score (nSPS) is 18.6. The Morgan fingerprint density at radius 1 is 1.07 bits per heavy atom. The number of anilines is 1. The van der Waals surface area contributed by atoms with E-state index in [4.69, 9.17) is 26.8 Å². The molecule has 1 saturated carbocycles. The van der Waals surface area contributed by atoms with Gasteiger partial charge in [-0.3, -0.25) is 14.4 Å². The molecule has 2 aliphatic rings. The minimum absolute atomic E-state index is 0.00185. The number of nitrogens with two attached hydrogens (primary N) is 1. The van der Waals surface area contributed by atoms with Crippen molar-refractivity contribution in [3.8, 4) is 11.5 Å². The molecule has 220 valence electrons. The van der Waals surface area contributed by atoms with E-state index in [1.807, 2.05) is 6.07 Å². The number of ether oxygens (including phenoxy) is 2. The van der Waals surface area contributed by atoms with Crippen molar-refractivity contribution in [1.82, 2.24) is 10.6 Å². The minimum atomic E-state index is -0.733. The molecular formula is C30H38ClN5O5. The number of nitrogens with one attached hydrogen (secondary N) is 2. The molecular weight excluding hydrogens is 546 g/mol. The van der Waals surface area contributed by atoms with E-state index < -0.39 is 18.0 Å². The molecule has 0 aromatic heterocycles. The Labute approximate surface area is 245 Å². The van der Waals surface area contributed by atoms with Crippen molar-refractivity contribution >= 4 is 41.0 Å². The topological polar surface area (TPSA) is 135 Å². The zero-order chi connectivity index (χ0) is 29.4. The van der Waals surface area contributed by atoms with Gasteiger partial charge in [-0.05, 0) is 54.7 Å². The number of hydrogen-bond acceptors (Lipinski definition) is 5. The van der Waals surface area contributed by atoms with Gasteiger partial charge >= 0.3 is 0 Å². The van der Waals surface area contributed by atoms with Gasteiger partial charge in [-0.2, -0.15) is 4.99 Å². The van der Waals surface area contributed by atoms with Crippen LogP contribution in [-0.4, -0.2) is 56.5 Å². The van der Waals surface area contributed by atoms with Crippen LogP contribution in [0.4, 0.5) is 5.69 Å². The fraction of sp³-hybridized carbons (Fsp3) is 0.467. The third-order valence-corrected chi connectivity index (χ3v) is 7.86. The number of rotatable bonds is 10. The lowest BCUT2D eigenvalue weighted by Crippen LogP contribution is -2.53. The first-order valence-electron chi connectivity index (χ1n) is 14.0. The maximum Gasteiger partial charge on any atom is 0.253 e. The largest absolute Gasteiger partial charge is 0.493 e. The molecule has 0 spiro atoms. The van der Waals surface area contributed by atoms with Gasteiger partial charge in [0.1, 0.15) is 12.1 Å². The van der Waals surface area contributed by atoms with Crippen LogP contribution in [0.25, 0.3) is 0 Å². The van der Waals surface area contributed by atoms with E-state index in [1.165, 1.54) is 20.6 Å². The third-order valence-electron chi connectivity index (χ3n) is 7.62. The molecule has 1 heterocycles. The number of carbonyl (C=O) groups is 3. The summed E-state index contributed by atoms with van der Waals surface area (Å²) in [5.41, 5.74) is 7.51. The van der Waals surface area contributed by atoms with E-state index >= 15 is 0 Å². The van der Waals surface area contributed by atoms with Crippen LogP contribution in [0.3, 0.4) is 0 Å². The molecule has 3 amide bonds. The summed E-state index contributed by atoms with van der Waals surface area (Å²) in [5, 5.41) is 6.41. The Morgan fingerprint density at radius 3 is 2.54 bits per heavy atom. The number of amides is 3. The molecule has 41 heavy (non-hydrogen) atoms. The zero-order valence-corrected chi connectivity index (χ0v) is 24.3. The monoisotopic (exact) mass is 583 g/mol. The average Bonchev–Trinajstić information content (AvgIpc) is 3.32. The number of methoxy groups -OCH3 is 2. The van der Waals surface area contributed by atoms with Crippen molar-refractivity contribution in [3.05, 3.63) is 53.1 Å². The Bertz CT molecular complexity index is 1280. The van der Waals surface area contributed by atoms with Gasteiger partial charge in [0, 0.05) is 17.3 Å². The van der Waals surface area contributed by atoms with Crippen LogP contribution in [0.5, 0.6) is 11.5 Å². The number of halogens is 1. The van der Waals surface area contributed by atoms with E-state index in [0.29, 0.717) is 53.1 Å². The summed E-state index contributed by atoms with van der Waals surface area (Å²) in [4.78, 5) is 44.9. The highest BCUT2D eigenvalue weighted by atomic mass is 35.5. The average molecular weight is 584 g/mol. The Balaban J connectivity index is 1.42. The van der Waals surface area contributed by atoms with Gasteiger partial charge in [0.25, 0.3) is 5.91 Å². The molecule has 10 nitrogen and oxygen atoms in total. The summed E-state index contributed by atoms with van der Waals surface area (Å²) in [7, 11) is 3.06. The zero-order valence-electron chi connectivity index (χ0n) is 23.5. The summed E-state index contributed by atoms with van der Waals surface area (Å²) >= 11 is 6.11. The first kappa shape index (κ1) is 30.2. The molecule has 1 aliphatic carbocycles. The molecule has 1 unspecified atom stereocenters. The van der Waals surface area contributed by atoms with Gasteiger partial charge in [0.15, 0.2) is 17.5 Å². The Kier molecular flexibility index (Phi) is 10.5. The van der Waals surface area contributed by atoms with E-state index in [0.717, 1.165) is 25.7 Å². The van der Waals surface area contributed by atoms with Crippen LogP contribution in [0.1, 0.15) is 50.5 Å². The van der Waals surface area contributed by atoms with Crippen LogP contribution in [0.2, 0.25) is 5.02 Å². The maximum atomic E-state index is 13.5. The summed E-state index contributed by atoms with van der Waals surface area (Å²) in [6.07, 6.45) is 6.45. The third kappa shape index (κ3) is 8.13.